The summed E-state index contributed by atoms with van der Waals surface area (Å²) in [5.41, 5.74) is -0.838. The zero-order valence-electron chi connectivity index (χ0n) is 12.1. The van der Waals surface area contributed by atoms with Crippen LogP contribution in [0.5, 0.6) is 0 Å². The molecule has 2 bridgehead atoms. The molecule has 1 saturated heterocycles. The quantitative estimate of drug-likeness (QED) is 0.587. The molecular weight excluding hydrogens is 307 g/mol. The summed E-state index contributed by atoms with van der Waals surface area (Å²) in [4.78, 5) is 26.3. The predicted molar refractivity (Wildman–Crippen MR) is 76.3 cm³/mol. The lowest BCUT2D eigenvalue weighted by atomic mass is 9.63. The average Bonchev–Trinajstić information content (AvgIpc) is 2.81. The van der Waals surface area contributed by atoms with E-state index >= 15 is 0 Å². The summed E-state index contributed by atoms with van der Waals surface area (Å²) in [6.07, 6.45) is 1.18. The van der Waals surface area contributed by atoms with Crippen LogP contribution < -0.4 is 4.90 Å². The number of carbonyl (C=O) groups excluding carboxylic acids is 2. The second kappa shape index (κ2) is 4.69. The highest BCUT2D eigenvalue weighted by Gasteiger charge is 2.56. The van der Waals surface area contributed by atoms with Crippen molar-refractivity contribution in [2.75, 3.05) is 4.90 Å². The summed E-state index contributed by atoms with van der Waals surface area (Å²) in [6, 6.07) is 4.43. The van der Waals surface area contributed by atoms with Gasteiger partial charge in [0.05, 0.1) is 23.1 Å². The Morgan fingerprint density at radius 2 is 1.52 bits per heavy atom. The van der Waals surface area contributed by atoms with Crippen molar-refractivity contribution in [3.63, 3.8) is 0 Å². The second-order valence-corrected chi connectivity index (χ2v) is 6.40. The molecule has 6 heteroatoms. The molecule has 5 rings (SSSR count). The van der Waals surface area contributed by atoms with Crippen molar-refractivity contribution in [3.05, 3.63) is 42.0 Å². The van der Waals surface area contributed by atoms with Crippen LogP contribution in [0, 0.1) is 23.7 Å². The van der Waals surface area contributed by atoms with Gasteiger partial charge in [-0.15, -0.1) is 0 Å². The second-order valence-electron chi connectivity index (χ2n) is 6.40. The molecule has 0 spiro atoms. The molecule has 120 valence electrons. The third-order valence-corrected chi connectivity index (χ3v) is 5.19. The summed E-state index contributed by atoms with van der Waals surface area (Å²) in [5, 5.41) is 0. The first-order valence-corrected chi connectivity index (χ1v) is 7.61. The minimum absolute atomic E-state index is 0.0172. The number of halogens is 3. The van der Waals surface area contributed by atoms with E-state index in [1.807, 2.05) is 12.2 Å². The largest absolute Gasteiger partial charge is 0.416 e. The first kappa shape index (κ1) is 14.5. The van der Waals surface area contributed by atoms with E-state index in [0.717, 1.165) is 29.9 Å². The van der Waals surface area contributed by atoms with E-state index in [1.165, 1.54) is 12.1 Å². The van der Waals surface area contributed by atoms with Crippen LogP contribution in [-0.4, -0.2) is 11.8 Å². The molecule has 1 aliphatic heterocycles. The molecule has 4 atom stereocenters. The predicted octanol–water partition coefficient (Wildman–Crippen LogP) is 3.41. The highest BCUT2D eigenvalue weighted by molar-refractivity contribution is 6.22. The van der Waals surface area contributed by atoms with Gasteiger partial charge in [0, 0.05) is 0 Å². The van der Waals surface area contributed by atoms with Gasteiger partial charge in [0.1, 0.15) is 0 Å². The van der Waals surface area contributed by atoms with Crippen molar-refractivity contribution in [2.24, 2.45) is 23.7 Å². The summed E-state index contributed by atoms with van der Waals surface area (Å²) in [5.74, 6) is -1.51. The molecule has 1 aromatic carbocycles. The van der Waals surface area contributed by atoms with Crippen LogP contribution in [0.3, 0.4) is 0 Å². The number of fused-ring (bicyclic) bond motifs is 1. The van der Waals surface area contributed by atoms with Gasteiger partial charge in [-0.1, -0.05) is 18.2 Å². The number of alkyl halides is 3. The Balaban J connectivity index is 1.74. The smallest absolute Gasteiger partial charge is 0.274 e. The average molecular weight is 321 g/mol. The molecule has 1 saturated carbocycles. The Labute approximate surface area is 130 Å². The van der Waals surface area contributed by atoms with Crippen LogP contribution in [0.4, 0.5) is 18.9 Å². The minimum atomic E-state index is -4.50. The van der Waals surface area contributed by atoms with Crippen LogP contribution >= 0.6 is 0 Å². The number of amides is 2. The Morgan fingerprint density at radius 3 is 2.00 bits per heavy atom. The topological polar surface area (TPSA) is 37.4 Å². The summed E-state index contributed by atoms with van der Waals surface area (Å²) >= 11 is 0. The van der Waals surface area contributed by atoms with E-state index in [0.29, 0.717) is 0 Å². The Hall–Kier alpha value is -2.11. The molecule has 0 unspecified atom stereocenters. The summed E-state index contributed by atoms with van der Waals surface area (Å²) in [6.45, 7) is 0. The fourth-order valence-corrected chi connectivity index (χ4v) is 4.15. The van der Waals surface area contributed by atoms with Gasteiger partial charge < -0.3 is 0 Å². The molecule has 2 amide bonds. The molecule has 1 aromatic rings. The maximum Gasteiger partial charge on any atom is 0.416 e. The molecule has 3 nitrogen and oxygen atoms in total. The standard InChI is InChI=1S/C17H14F3NO2/c18-17(19,20)11-2-1-3-12(8-11)21-15(22)13-9-4-5-10(7-6-9)14(13)16(21)23/h1-5,8-10,13-14H,6-7H2/t9-,10-,13-,14-/m0/s1. The summed E-state index contributed by atoms with van der Waals surface area (Å²) in [7, 11) is 0. The molecule has 2 fully saturated rings. The van der Waals surface area contributed by atoms with Crippen LogP contribution in [0.1, 0.15) is 18.4 Å². The minimum Gasteiger partial charge on any atom is -0.274 e. The number of carbonyl (C=O) groups is 2. The fourth-order valence-electron chi connectivity index (χ4n) is 4.15. The molecule has 1 heterocycles. The molecule has 4 aliphatic rings. The molecule has 0 radical (unpaired) electrons. The van der Waals surface area contributed by atoms with Gasteiger partial charge in [-0.25, -0.2) is 0 Å². The monoisotopic (exact) mass is 321 g/mol. The van der Waals surface area contributed by atoms with Crippen molar-refractivity contribution >= 4 is 17.5 Å². The van der Waals surface area contributed by atoms with Crippen molar-refractivity contribution in [3.8, 4) is 0 Å². The van der Waals surface area contributed by atoms with Gasteiger partial charge in [0.2, 0.25) is 11.8 Å². The van der Waals surface area contributed by atoms with E-state index in [1.54, 1.807) is 0 Å². The molecule has 3 aliphatic carbocycles. The Morgan fingerprint density at radius 1 is 0.957 bits per heavy atom. The number of nitrogens with zero attached hydrogens (tertiary/aromatic N) is 1. The van der Waals surface area contributed by atoms with Crippen LogP contribution in [0.2, 0.25) is 0 Å². The van der Waals surface area contributed by atoms with Gasteiger partial charge in [0.15, 0.2) is 0 Å². The SMILES string of the molecule is O=C1[C@@H]2[C@@H](C(=O)N1c1cccc(C(F)(F)F)c1)[C@H]1C=C[C@H]2CC1. The van der Waals surface area contributed by atoms with Gasteiger partial charge in [-0.3, -0.25) is 14.5 Å². The van der Waals surface area contributed by atoms with E-state index in [2.05, 4.69) is 0 Å². The number of anilines is 1. The van der Waals surface area contributed by atoms with Crippen molar-refractivity contribution in [1.29, 1.82) is 0 Å². The van der Waals surface area contributed by atoms with E-state index in [-0.39, 0.29) is 29.3 Å². The highest BCUT2D eigenvalue weighted by atomic mass is 19.4. The number of imide groups is 1. The van der Waals surface area contributed by atoms with E-state index in [9.17, 15) is 22.8 Å². The van der Waals surface area contributed by atoms with Crippen LogP contribution in [0.25, 0.3) is 0 Å². The lowest BCUT2D eigenvalue weighted by Gasteiger charge is -2.38. The van der Waals surface area contributed by atoms with E-state index in [4.69, 9.17) is 0 Å². The van der Waals surface area contributed by atoms with Crippen molar-refractivity contribution < 1.29 is 22.8 Å². The third-order valence-electron chi connectivity index (χ3n) is 5.19. The Kier molecular flexibility index (Phi) is 2.95. The van der Waals surface area contributed by atoms with Gasteiger partial charge in [-0.2, -0.15) is 13.2 Å². The third kappa shape index (κ3) is 2.04. The molecular formula is C17H14F3NO2. The lowest BCUT2D eigenvalue weighted by Crippen LogP contribution is -2.38. The van der Waals surface area contributed by atoms with Gasteiger partial charge in [0.25, 0.3) is 0 Å². The van der Waals surface area contributed by atoms with E-state index < -0.39 is 23.6 Å². The Bertz CT molecular complexity index is 693. The van der Waals surface area contributed by atoms with Crippen LogP contribution in [0.15, 0.2) is 36.4 Å². The number of rotatable bonds is 1. The normalized spacial score (nSPS) is 32.6. The summed E-state index contributed by atoms with van der Waals surface area (Å²) < 4.78 is 38.6. The molecule has 0 aromatic heterocycles. The number of hydrogen-bond donors (Lipinski definition) is 0. The first-order chi connectivity index (χ1) is 10.9. The lowest BCUT2D eigenvalue weighted by molar-refractivity contribution is -0.137. The van der Waals surface area contributed by atoms with Crippen LogP contribution in [-0.2, 0) is 15.8 Å². The highest BCUT2D eigenvalue weighted by Crippen LogP contribution is 2.50. The van der Waals surface area contributed by atoms with Crippen molar-refractivity contribution in [2.45, 2.75) is 19.0 Å². The fraction of sp³-hybridized carbons (Fsp3) is 0.412. The first-order valence-electron chi connectivity index (χ1n) is 7.61. The molecule has 23 heavy (non-hydrogen) atoms. The van der Waals surface area contributed by atoms with Crippen molar-refractivity contribution in [1.82, 2.24) is 0 Å². The zero-order valence-corrected chi connectivity index (χ0v) is 12.1. The number of hydrogen-bond acceptors (Lipinski definition) is 2. The van der Waals surface area contributed by atoms with Gasteiger partial charge >= 0.3 is 6.18 Å². The zero-order chi connectivity index (χ0) is 16.4. The maximum atomic E-state index is 12.9. The van der Waals surface area contributed by atoms with Gasteiger partial charge in [-0.05, 0) is 42.9 Å². The number of allylic oxidation sites excluding steroid dienone is 2. The maximum absolute atomic E-state index is 12.9. The molecule has 0 N–H and O–H groups in total. The number of benzene rings is 1.